The average Bonchev–Trinajstić information content (AvgIpc) is 2.70. The summed E-state index contributed by atoms with van der Waals surface area (Å²) in [5.74, 6) is 0.0433. The van der Waals surface area contributed by atoms with E-state index in [0.717, 1.165) is 0 Å². The lowest BCUT2D eigenvalue weighted by Crippen LogP contribution is -2.25. The second-order valence-corrected chi connectivity index (χ2v) is 5.62. The van der Waals surface area contributed by atoms with E-state index in [1.807, 2.05) is 0 Å². The van der Waals surface area contributed by atoms with Crippen molar-refractivity contribution in [1.82, 2.24) is 0 Å². The largest absolute Gasteiger partial charge is 0.493 e. The van der Waals surface area contributed by atoms with Crippen molar-refractivity contribution in [2.45, 2.75) is 0 Å². The molecular formula is C19H17NO7. The molecule has 3 rings (SSSR count). The van der Waals surface area contributed by atoms with Crippen LogP contribution in [0, 0.1) is 0 Å². The smallest absolute Gasteiger partial charge is 0.337 e. The van der Waals surface area contributed by atoms with E-state index in [1.54, 1.807) is 12.1 Å². The number of ketones is 1. The number of carbonyl (C=O) groups is 3. The van der Waals surface area contributed by atoms with Gasteiger partial charge < -0.3 is 24.3 Å². The van der Waals surface area contributed by atoms with E-state index in [4.69, 9.17) is 14.2 Å². The molecule has 2 aromatic rings. The van der Waals surface area contributed by atoms with E-state index in [1.165, 1.54) is 38.5 Å². The number of anilines is 1. The molecule has 0 fully saturated rings. The van der Waals surface area contributed by atoms with Crippen molar-refractivity contribution in [3.63, 3.8) is 0 Å². The van der Waals surface area contributed by atoms with E-state index in [0.29, 0.717) is 34.1 Å². The van der Waals surface area contributed by atoms with Gasteiger partial charge in [0.2, 0.25) is 0 Å². The highest BCUT2D eigenvalue weighted by Gasteiger charge is 2.19. The van der Waals surface area contributed by atoms with Crippen molar-refractivity contribution in [2.24, 2.45) is 0 Å². The van der Waals surface area contributed by atoms with Crippen LogP contribution >= 0.6 is 0 Å². The number of hydrogen-bond acceptors (Lipinski definition) is 7. The first kappa shape index (κ1) is 18.2. The third-order valence-electron chi connectivity index (χ3n) is 3.88. The Morgan fingerprint density at radius 2 is 1.85 bits per heavy atom. The number of Topliss-reactive ketones (excluding diaryl/α,β-unsaturated/α-hetero) is 1. The molecule has 1 amide bonds. The number of nitrogens with one attached hydrogen (secondary N) is 1. The molecule has 0 aliphatic carbocycles. The van der Waals surface area contributed by atoms with Crippen molar-refractivity contribution in [2.75, 3.05) is 32.8 Å². The summed E-state index contributed by atoms with van der Waals surface area (Å²) >= 11 is 0. The Kier molecular flexibility index (Phi) is 5.25. The molecule has 1 aliphatic rings. The number of rotatable bonds is 6. The van der Waals surface area contributed by atoms with Crippen molar-refractivity contribution < 1.29 is 33.3 Å². The van der Waals surface area contributed by atoms with Crippen LogP contribution in [0.15, 0.2) is 36.4 Å². The Balaban J connectivity index is 1.71. The van der Waals surface area contributed by atoms with Gasteiger partial charge in [-0.1, -0.05) is 0 Å². The molecule has 0 saturated heterocycles. The number of amides is 1. The Bertz CT molecular complexity index is 907. The zero-order valence-corrected chi connectivity index (χ0v) is 14.7. The summed E-state index contributed by atoms with van der Waals surface area (Å²) < 4.78 is 20.6. The van der Waals surface area contributed by atoms with Crippen LogP contribution < -0.4 is 19.5 Å². The Morgan fingerprint density at radius 3 is 2.59 bits per heavy atom. The summed E-state index contributed by atoms with van der Waals surface area (Å²) in [5, 5.41) is 2.65. The van der Waals surface area contributed by atoms with Crippen molar-refractivity contribution in [1.29, 1.82) is 0 Å². The highest BCUT2D eigenvalue weighted by Crippen LogP contribution is 2.30. The van der Waals surface area contributed by atoms with Crippen LogP contribution in [0.1, 0.15) is 20.7 Å². The van der Waals surface area contributed by atoms with E-state index in [9.17, 15) is 14.4 Å². The van der Waals surface area contributed by atoms with Crippen LogP contribution in [-0.2, 0) is 9.53 Å². The van der Waals surface area contributed by atoms with Gasteiger partial charge in [-0.2, -0.15) is 0 Å². The number of carbonyl (C=O) groups excluding carboxylic acids is 3. The second kappa shape index (κ2) is 7.77. The molecule has 0 unspecified atom stereocenters. The molecule has 1 aliphatic heterocycles. The SMILES string of the molecule is COC(=O)c1ccc(OCC(=O)c2ccc3c(c2)NC(=O)CO3)c(OC)c1. The first-order valence-corrected chi connectivity index (χ1v) is 8.01. The summed E-state index contributed by atoms with van der Waals surface area (Å²) in [4.78, 5) is 35.4. The lowest BCUT2D eigenvalue weighted by atomic mass is 10.1. The van der Waals surface area contributed by atoms with Crippen molar-refractivity contribution in [3.8, 4) is 17.2 Å². The molecule has 8 nitrogen and oxygen atoms in total. The van der Waals surface area contributed by atoms with Gasteiger partial charge in [0, 0.05) is 5.56 Å². The molecule has 140 valence electrons. The molecule has 0 radical (unpaired) electrons. The molecule has 0 aromatic heterocycles. The van der Waals surface area contributed by atoms with Crippen LogP contribution in [0.4, 0.5) is 5.69 Å². The summed E-state index contributed by atoms with van der Waals surface area (Å²) in [6, 6.07) is 9.26. The number of methoxy groups -OCH3 is 2. The molecule has 0 bridgehead atoms. The van der Waals surface area contributed by atoms with Gasteiger partial charge in [0.15, 0.2) is 30.5 Å². The molecule has 0 saturated carbocycles. The maximum Gasteiger partial charge on any atom is 0.337 e. The monoisotopic (exact) mass is 371 g/mol. The Hall–Kier alpha value is -3.55. The fraction of sp³-hybridized carbons (Fsp3) is 0.211. The second-order valence-electron chi connectivity index (χ2n) is 5.62. The van der Waals surface area contributed by atoms with E-state index in [2.05, 4.69) is 10.1 Å². The summed E-state index contributed by atoms with van der Waals surface area (Å²) in [6.07, 6.45) is 0. The zero-order chi connectivity index (χ0) is 19.4. The topological polar surface area (TPSA) is 100 Å². The van der Waals surface area contributed by atoms with Gasteiger partial charge in [0.25, 0.3) is 5.91 Å². The standard InChI is InChI=1S/C19H17NO7/c1-24-17-8-12(19(23)25-2)4-6-16(17)26-9-14(21)11-3-5-15-13(7-11)20-18(22)10-27-15/h3-8H,9-10H2,1-2H3,(H,20,22). The minimum absolute atomic E-state index is 0.0508. The fourth-order valence-electron chi connectivity index (χ4n) is 2.51. The highest BCUT2D eigenvalue weighted by molar-refractivity contribution is 6.01. The maximum absolute atomic E-state index is 12.4. The van der Waals surface area contributed by atoms with Gasteiger partial charge in [-0.15, -0.1) is 0 Å². The minimum atomic E-state index is -0.505. The van der Waals surface area contributed by atoms with Crippen LogP contribution in [-0.4, -0.2) is 45.1 Å². The molecule has 27 heavy (non-hydrogen) atoms. The minimum Gasteiger partial charge on any atom is -0.493 e. The molecule has 1 N–H and O–H groups in total. The van der Waals surface area contributed by atoms with Crippen LogP contribution in [0.2, 0.25) is 0 Å². The predicted molar refractivity (Wildman–Crippen MR) is 94.7 cm³/mol. The average molecular weight is 371 g/mol. The normalized spacial score (nSPS) is 12.3. The zero-order valence-electron chi connectivity index (χ0n) is 14.7. The quantitative estimate of drug-likeness (QED) is 0.613. The number of esters is 1. The lowest BCUT2D eigenvalue weighted by Gasteiger charge is -2.18. The first-order chi connectivity index (χ1) is 13.0. The van der Waals surface area contributed by atoms with Gasteiger partial charge >= 0.3 is 5.97 Å². The number of benzene rings is 2. The van der Waals surface area contributed by atoms with Gasteiger partial charge in [0.05, 0.1) is 25.5 Å². The van der Waals surface area contributed by atoms with E-state index < -0.39 is 5.97 Å². The van der Waals surface area contributed by atoms with Crippen molar-refractivity contribution in [3.05, 3.63) is 47.5 Å². The lowest BCUT2D eigenvalue weighted by molar-refractivity contribution is -0.118. The van der Waals surface area contributed by atoms with Gasteiger partial charge in [-0.05, 0) is 36.4 Å². The van der Waals surface area contributed by atoms with E-state index in [-0.39, 0.29) is 24.9 Å². The molecule has 1 heterocycles. The molecule has 2 aromatic carbocycles. The third kappa shape index (κ3) is 4.00. The highest BCUT2D eigenvalue weighted by atomic mass is 16.5. The van der Waals surface area contributed by atoms with Crippen LogP contribution in [0.3, 0.4) is 0 Å². The number of ether oxygens (including phenoxy) is 4. The molecule has 0 spiro atoms. The molecule has 0 atom stereocenters. The van der Waals surface area contributed by atoms with E-state index >= 15 is 0 Å². The summed E-state index contributed by atoms with van der Waals surface area (Å²) in [5.41, 5.74) is 1.11. The molecule has 8 heteroatoms. The number of hydrogen-bond donors (Lipinski definition) is 1. The predicted octanol–water partition coefficient (Wildman–Crippen LogP) is 2.07. The summed E-state index contributed by atoms with van der Waals surface area (Å²) in [7, 11) is 2.71. The fourth-order valence-corrected chi connectivity index (χ4v) is 2.51. The van der Waals surface area contributed by atoms with Crippen LogP contribution in [0.5, 0.6) is 17.2 Å². The molecular weight excluding hydrogens is 354 g/mol. The number of fused-ring (bicyclic) bond motifs is 1. The first-order valence-electron chi connectivity index (χ1n) is 8.01. The summed E-state index contributed by atoms with van der Waals surface area (Å²) in [6.45, 7) is -0.299. The third-order valence-corrected chi connectivity index (χ3v) is 3.88. The Morgan fingerprint density at radius 1 is 1.07 bits per heavy atom. The van der Waals surface area contributed by atoms with Gasteiger partial charge in [0.1, 0.15) is 5.75 Å². The van der Waals surface area contributed by atoms with Gasteiger partial charge in [-0.25, -0.2) is 4.79 Å². The van der Waals surface area contributed by atoms with Crippen molar-refractivity contribution >= 4 is 23.3 Å². The Labute approximate surface area is 155 Å². The maximum atomic E-state index is 12.4. The van der Waals surface area contributed by atoms with Gasteiger partial charge in [-0.3, -0.25) is 9.59 Å². The van der Waals surface area contributed by atoms with Crippen LogP contribution in [0.25, 0.3) is 0 Å².